The Hall–Kier alpha value is -0.440. The Morgan fingerprint density at radius 2 is 1.50 bits per heavy atom. The summed E-state index contributed by atoms with van der Waals surface area (Å²) in [6.07, 6.45) is 8.01. The van der Waals surface area contributed by atoms with E-state index in [4.69, 9.17) is 0 Å². The van der Waals surface area contributed by atoms with Crippen LogP contribution in [0.15, 0.2) is 10.5 Å². The van der Waals surface area contributed by atoms with Crippen molar-refractivity contribution in [1.29, 1.82) is 0 Å². The fourth-order valence-corrected chi connectivity index (χ4v) is 6.41. The SMILES string of the molecule is CC(C)=C(SC12CC3CC(CC(C3)C1)C2)C(=O)O. The molecule has 2 nitrogen and oxygen atoms in total. The van der Waals surface area contributed by atoms with E-state index >= 15 is 0 Å². The van der Waals surface area contributed by atoms with Crippen LogP contribution >= 0.6 is 11.8 Å². The number of hydrogen-bond donors (Lipinski definition) is 1. The van der Waals surface area contributed by atoms with Crippen LogP contribution in [0.4, 0.5) is 0 Å². The van der Waals surface area contributed by atoms with Crippen LogP contribution in [0.2, 0.25) is 0 Å². The first-order chi connectivity index (χ1) is 8.47. The van der Waals surface area contributed by atoms with Crippen molar-refractivity contribution in [3.63, 3.8) is 0 Å². The Labute approximate surface area is 113 Å². The summed E-state index contributed by atoms with van der Waals surface area (Å²) in [5.74, 6) is 1.93. The molecule has 0 atom stereocenters. The highest BCUT2D eigenvalue weighted by Crippen LogP contribution is 2.61. The van der Waals surface area contributed by atoms with Gasteiger partial charge in [-0.1, -0.05) is 5.57 Å². The van der Waals surface area contributed by atoms with Crippen molar-refractivity contribution in [3.05, 3.63) is 10.5 Å². The molecule has 0 aromatic heterocycles. The number of allylic oxidation sites excluding steroid dienone is 1. The van der Waals surface area contributed by atoms with Gasteiger partial charge in [0.15, 0.2) is 0 Å². The lowest BCUT2D eigenvalue weighted by molar-refractivity contribution is -0.131. The molecule has 3 heteroatoms. The van der Waals surface area contributed by atoms with Gasteiger partial charge in [-0.3, -0.25) is 0 Å². The van der Waals surface area contributed by atoms with Crippen LogP contribution in [-0.2, 0) is 4.79 Å². The second kappa shape index (κ2) is 4.29. The minimum Gasteiger partial charge on any atom is -0.477 e. The molecular formula is C15H22O2S. The first-order valence-corrected chi connectivity index (χ1v) is 7.89. The van der Waals surface area contributed by atoms with Gasteiger partial charge < -0.3 is 5.11 Å². The van der Waals surface area contributed by atoms with Crippen molar-refractivity contribution in [2.24, 2.45) is 17.8 Å². The van der Waals surface area contributed by atoms with Crippen LogP contribution in [0.5, 0.6) is 0 Å². The zero-order valence-electron chi connectivity index (χ0n) is 11.2. The van der Waals surface area contributed by atoms with Gasteiger partial charge in [-0.15, -0.1) is 11.8 Å². The molecule has 0 spiro atoms. The van der Waals surface area contributed by atoms with Crippen LogP contribution in [0.25, 0.3) is 0 Å². The van der Waals surface area contributed by atoms with Crippen LogP contribution in [0, 0.1) is 17.8 Å². The number of rotatable bonds is 3. The minimum absolute atomic E-state index is 0.264. The van der Waals surface area contributed by atoms with E-state index in [2.05, 4.69) is 0 Å². The Morgan fingerprint density at radius 1 is 1.06 bits per heavy atom. The molecule has 0 aromatic carbocycles. The van der Waals surface area contributed by atoms with Crippen molar-refractivity contribution in [2.45, 2.75) is 57.1 Å². The van der Waals surface area contributed by atoms with Crippen molar-refractivity contribution in [3.8, 4) is 0 Å². The lowest BCUT2D eigenvalue weighted by atomic mass is 9.56. The molecule has 0 amide bonds. The minimum atomic E-state index is -0.726. The highest BCUT2D eigenvalue weighted by Gasteiger charge is 2.52. The average molecular weight is 266 g/mol. The number of aliphatic carboxylic acids is 1. The largest absolute Gasteiger partial charge is 0.477 e. The van der Waals surface area contributed by atoms with Gasteiger partial charge in [0.2, 0.25) is 0 Å². The van der Waals surface area contributed by atoms with E-state index in [1.807, 2.05) is 13.8 Å². The van der Waals surface area contributed by atoms with E-state index in [1.165, 1.54) is 38.5 Å². The monoisotopic (exact) mass is 266 g/mol. The summed E-state index contributed by atoms with van der Waals surface area (Å²) in [5, 5.41) is 9.37. The zero-order valence-corrected chi connectivity index (χ0v) is 12.1. The average Bonchev–Trinajstić information content (AvgIpc) is 2.23. The normalized spacial score (nSPS) is 40.9. The predicted molar refractivity (Wildman–Crippen MR) is 74.5 cm³/mol. The van der Waals surface area contributed by atoms with Crippen molar-refractivity contribution < 1.29 is 9.90 Å². The standard InChI is InChI=1S/C15H22O2S/c1-9(2)13(14(16)17)18-15-6-10-3-11(7-15)5-12(4-10)8-15/h10-12H,3-8H2,1-2H3,(H,16,17). The Morgan fingerprint density at radius 3 is 1.83 bits per heavy atom. The molecule has 100 valence electrons. The van der Waals surface area contributed by atoms with Gasteiger partial charge in [0.05, 0.1) is 4.91 Å². The topological polar surface area (TPSA) is 37.3 Å². The first kappa shape index (κ1) is 12.6. The van der Waals surface area contributed by atoms with Gasteiger partial charge in [-0.25, -0.2) is 4.79 Å². The van der Waals surface area contributed by atoms with E-state index < -0.39 is 5.97 Å². The lowest BCUT2D eigenvalue weighted by Gasteiger charge is -2.56. The molecule has 4 aliphatic carbocycles. The molecule has 0 heterocycles. The van der Waals surface area contributed by atoms with E-state index in [0.717, 1.165) is 23.3 Å². The van der Waals surface area contributed by atoms with Gasteiger partial charge in [0.25, 0.3) is 0 Å². The second-order valence-electron chi connectivity index (χ2n) is 6.84. The fourth-order valence-electron chi connectivity index (χ4n) is 4.73. The molecule has 4 rings (SSSR count). The van der Waals surface area contributed by atoms with E-state index in [9.17, 15) is 9.90 Å². The van der Waals surface area contributed by atoms with Gasteiger partial charge in [-0.2, -0.15) is 0 Å². The maximum atomic E-state index is 11.4. The third-order valence-electron chi connectivity index (χ3n) is 4.95. The summed E-state index contributed by atoms with van der Waals surface area (Å²) < 4.78 is 0.264. The maximum Gasteiger partial charge on any atom is 0.342 e. The molecular weight excluding hydrogens is 244 g/mol. The van der Waals surface area contributed by atoms with Crippen LogP contribution in [0.1, 0.15) is 52.4 Å². The zero-order chi connectivity index (χ0) is 12.9. The van der Waals surface area contributed by atoms with Crippen LogP contribution in [0.3, 0.4) is 0 Å². The fraction of sp³-hybridized carbons (Fsp3) is 0.800. The molecule has 4 bridgehead atoms. The maximum absolute atomic E-state index is 11.4. The number of hydrogen-bond acceptors (Lipinski definition) is 2. The third kappa shape index (κ3) is 2.11. The third-order valence-corrected chi connectivity index (χ3v) is 6.67. The summed E-state index contributed by atoms with van der Waals surface area (Å²) in [7, 11) is 0. The Balaban J connectivity index is 1.84. The highest BCUT2D eigenvalue weighted by atomic mass is 32.2. The molecule has 0 aliphatic heterocycles. The molecule has 18 heavy (non-hydrogen) atoms. The number of carbonyl (C=O) groups is 1. The quantitative estimate of drug-likeness (QED) is 0.782. The summed E-state index contributed by atoms with van der Waals surface area (Å²) in [6.45, 7) is 3.86. The molecule has 0 unspecified atom stereocenters. The van der Waals surface area contributed by atoms with Crippen LogP contribution in [-0.4, -0.2) is 15.8 Å². The summed E-state index contributed by atoms with van der Waals surface area (Å²) in [5.41, 5.74) is 0.961. The second-order valence-corrected chi connectivity index (χ2v) is 8.32. The first-order valence-electron chi connectivity index (χ1n) is 7.07. The highest BCUT2D eigenvalue weighted by molar-refractivity contribution is 8.05. The van der Waals surface area contributed by atoms with E-state index in [1.54, 1.807) is 11.8 Å². The molecule has 0 saturated heterocycles. The van der Waals surface area contributed by atoms with Crippen molar-refractivity contribution >= 4 is 17.7 Å². The van der Waals surface area contributed by atoms with Gasteiger partial charge >= 0.3 is 5.97 Å². The molecule has 4 fully saturated rings. The Kier molecular flexibility index (Phi) is 3.00. The number of carboxylic acids is 1. The van der Waals surface area contributed by atoms with Crippen molar-refractivity contribution in [2.75, 3.05) is 0 Å². The van der Waals surface area contributed by atoms with Gasteiger partial charge in [0, 0.05) is 4.75 Å². The summed E-state index contributed by atoms with van der Waals surface area (Å²) >= 11 is 1.70. The predicted octanol–water partition coefficient (Wildman–Crippen LogP) is 4.07. The van der Waals surface area contributed by atoms with Gasteiger partial charge in [0.1, 0.15) is 0 Å². The Bertz CT molecular complexity index is 371. The molecule has 0 aromatic rings. The molecule has 4 saturated carbocycles. The number of thioether (sulfide) groups is 1. The molecule has 4 aliphatic rings. The molecule has 0 radical (unpaired) electrons. The summed E-state index contributed by atoms with van der Waals surface area (Å²) in [6, 6.07) is 0. The van der Waals surface area contributed by atoms with Gasteiger partial charge in [-0.05, 0) is 70.1 Å². The number of carboxylic acid groups (broad SMARTS) is 1. The van der Waals surface area contributed by atoms with Crippen molar-refractivity contribution in [1.82, 2.24) is 0 Å². The summed E-state index contributed by atoms with van der Waals surface area (Å²) in [4.78, 5) is 12.0. The molecule has 1 N–H and O–H groups in total. The van der Waals surface area contributed by atoms with Crippen LogP contribution < -0.4 is 0 Å². The van der Waals surface area contributed by atoms with E-state index in [0.29, 0.717) is 4.91 Å². The van der Waals surface area contributed by atoms with E-state index in [-0.39, 0.29) is 4.75 Å². The lowest BCUT2D eigenvalue weighted by Crippen LogP contribution is -2.48. The smallest absolute Gasteiger partial charge is 0.342 e.